The Morgan fingerprint density at radius 2 is 2.38 bits per heavy atom. The number of allylic oxidation sites excluding steroid dienone is 2. The Labute approximate surface area is 123 Å². The number of hydrogen-bond acceptors (Lipinski definition) is 3. The summed E-state index contributed by atoms with van der Waals surface area (Å²) >= 11 is 0. The largest absolute Gasteiger partial charge is 0.352 e. The Hall–Kier alpha value is -2.43. The fraction of sp³-hybridized carbons (Fsp3) is 0.312. The van der Waals surface area contributed by atoms with Gasteiger partial charge in [0.2, 0.25) is 5.91 Å². The number of rotatable bonds is 5. The van der Waals surface area contributed by atoms with Crippen LogP contribution < -0.4 is 5.32 Å². The van der Waals surface area contributed by atoms with Gasteiger partial charge in [-0.1, -0.05) is 12.2 Å². The molecular weight excluding hydrogens is 264 g/mol. The quantitative estimate of drug-likeness (QED) is 0.856. The van der Waals surface area contributed by atoms with Crippen molar-refractivity contribution in [3.63, 3.8) is 0 Å². The molecule has 0 spiro atoms. The van der Waals surface area contributed by atoms with Crippen molar-refractivity contribution in [3.05, 3.63) is 54.5 Å². The van der Waals surface area contributed by atoms with Gasteiger partial charge in [-0.25, -0.2) is 9.67 Å². The van der Waals surface area contributed by atoms with Gasteiger partial charge in [0, 0.05) is 31.6 Å². The molecule has 21 heavy (non-hydrogen) atoms. The summed E-state index contributed by atoms with van der Waals surface area (Å²) in [6.45, 7) is 0.520. The minimum Gasteiger partial charge on any atom is -0.352 e. The van der Waals surface area contributed by atoms with Crippen LogP contribution in [0.2, 0.25) is 0 Å². The molecule has 0 saturated carbocycles. The van der Waals surface area contributed by atoms with Crippen LogP contribution in [0.5, 0.6) is 0 Å². The third kappa shape index (κ3) is 3.56. The highest BCUT2D eigenvalue weighted by atomic mass is 16.1. The number of nitrogens with one attached hydrogen (secondary N) is 1. The van der Waals surface area contributed by atoms with Gasteiger partial charge in [-0.15, -0.1) is 0 Å². The second-order valence-corrected chi connectivity index (χ2v) is 5.22. The highest BCUT2D eigenvalue weighted by Crippen LogP contribution is 2.20. The van der Waals surface area contributed by atoms with Gasteiger partial charge in [0.25, 0.3) is 0 Å². The van der Waals surface area contributed by atoms with Crippen LogP contribution in [-0.4, -0.2) is 20.7 Å². The van der Waals surface area contributed by atoms with Gasteiger partial charge in [0.1, 0.15) is 0 Å². The Bertz CT molecular complexity index is 633. The Kier molecular flexibility index (Phi) is 4.09. The first-order valence-electron chi connectivity index (χ1n) is 7.19. The minimum absolute atomic E-state index is 0.101. The maximum atomic E-state index is 11.9. The third-order valence-corrected chi connectivity index (χ3v) is 3.60. The molecule has 0 radical (unpaired) electrons. The lowest BCUT2D eigenvalue weighted by Crippen LogP contribution is -2.24. The molecule has 1 aliphatic carbocycles. The van der Waals surface area contributed by atoms with Crippen LogP contribution in [0.25, 0.3) is 5.82 Å². The van der Waals surface area contributed by atoms with Crippen molar-refractivity contribution in [1.82, 2.24) is 20.1 Å². The molecule has 0 aromatic carbocycles. The van der Waals surface area contributed by atoms with Crippen LogP contribution in [0.1, 0.15) is 24.8 Å². The average molecular weight is 282 g/mol. The lowest BCUT2D eigenvalue weighted by molar-refractivity contribution is -0.121. The zero-order chi connectivity index (χ0) is 14.5. The molecule has 1 N–H and O–H groups in total. The molecule has 1 aliphatic rings. The number of pyridine rings is 1. The molecule has 5 nitrogen and oxygen atoms in total. The summed E-state index contributed by atoms with van der Waals surface area (Å²) in [6, 6.07) is 5.69. The molecule has 2 heterocycles. The Morgan fingerprint density at radius 1 is 1.43 bits per heavy atom. The van der Waals surface area contributed by atoms with E-state index in [1.54, 1.807) is 17.1 Å². The van der Waals surface area contributed by atoms with E-state index >= 15 is 0 Å². The lowest BCUT2D eigenvalue weighted by atomic mass is 10.1. The van der Waals surface area contributed by atoms with E-state index in [0.29, 0.717) is 18.9 Å². The molecule has 5 heteroatoms. The number of amides is 1. The molecule has 0 bridgehead atoms. The maximum Gasteiger partial charge on any atom is 0.220 e. The molecule has 1 unspecified atom stereocenters. The fourth-order valence-corrected chi connectivity index (χ4v) is 2.48. The Balaban J connectivity index is 1.56. The molecule has 0 fully saturated rings. The topological polar surface area (TPSA) is 59.8 Å². The van der Waals surface area contributed by atoms with Crippen molar-refractivity contribution < 1.29 is 4.79 Å². The number of hydrogen-bond donors (Lipinski definition) is 1. The first-order chi connectivity index (χ1) is 10.3. The number of carbonyl (C=O) groups is 1. The predicted molar refractivity (Wildman–Crippen MR) is 79.7 cm³/mol. The standard InChI is InChI=1S/C16H18N4O/c21-16(11-13-4-1-2-5-13)18-12-14-6-8-17-15(10-14)20-9-3-7-19-20/h1,3-4,6-10,13H,2,5,11-12H2,(H,18,21). The van der Waals surface area contributed by atoms with Crippen molar-refractivity contribution in [2.24, 2.45) is 5.92 Å². The van der Waals surface area contributed by atoms with E-state index in [4.69, 9.17) is 0 Å². The van der Waals surface area contributed by atoms with Gasteiger partial charge in [-0.2, -0.15) is 5.10 Å². The molecule has 1 amide bonds. The van der Waals surface area contributed by atoms with Crippen molar-refractivity contribution in [2.45, 2.75) is 25.8 Å². The monoisotopic (exact) mass is 282 g/mol. The van der Waals surface area contributed by atoms with Crippen LogP contribution in [0.3, 0.4) is 0 Å². The number of carbonyl (C=O) groups excluding carboxylic acids is 1. The molecule has 1 atom stereocenters. The minimum atomic E-state index is 0.101. The van der Waals surface area contributed by atoms with Crippen LogP contribution in [0.4, 0.5) is 0 Å². The molecule has 0 saturated heterocycles. The van der Waals surface area contributed by atoms with E-state index in [2.05, 4.69) is 27.6 Å². The second-order valence-electron chi connectivity index (χ2n) is 5.22. The van der Waals surface area contributed by atoms with E-state index in [1.165, 1.54) is 0 Å². The first-order valence-corrected chi connectivity index (χ1v) is 7.19. The van der Waals surface area contributed by atoms with E-state index < -0.39 is 0 Å². The maximum absolute atomic E-state index is 11.9. The molecule has 0 aliphatic heterocycles. The summed E-state index contributed by atoms with van der Waals surface area (Å²) in [5, 5.41) is 7.12. The fourth-order valence-electron chi connectivity index (χ4n) is 2.48. The summed E-state index contributed by atoms with van der Waals surface area (Å²) in [5.74, 6) is 1.26. The predicted octanol–water partition coefficient (Wildman–Crippen LogP) is 2.24. The SMILES string of the molecule is O=C(CC1C=CCC1)NCc1ccnc(-n2cccn2)c1. The van der Waals surface area contributed by atoms with E-state index in [-0.39, 0.29) is 5.91 Å². The van der Waals surface area contributed by atoms with Crippen LogP contribution in [-0.2, 0) is 11.3 Å². The van der Waals surface area contributed by atoms with E-state index in [9.17, 15) is 4.79 Å². The summed E-state index contributed by atoms with van der Waals surface area (Å²) in [7, 11) is 0. The Morgan fingerprint density at radius 3 is 3.14 bits per heavy atom. The van der Waals surface area contributed by atoms with Crippen LogP contribution in [0, 0.1) is 5.92 Å². The first kappa shape index (κ1) is 13.5. The summed E-state index contributed by atoms with van der Waals surface area (Å²) in [6.07, 6.45) is 12.3. The molecule has 2 aromatic rings. The molecule has 2 aromatic heterocycles. The van der Waals surface area contributed by atoms with Gasteiger partial charge < -0.3 is 5.32 Å². The van der Waals surface area contributed by atoms with Crippen molar-refractivity contribution in [1.29, 1.82) is 0 Å². The zero-order valence-corrected chi connectivity index (χ0v) is 11.8. The van der Waals surface area contributed by atoms with E-state index in [0.717, 1.165) is 24.2 Å². The summed E-state index contributed by atoms with van der Waals surface area (Å²) in [5.41, 5.74) is 1.02. The highest BCUT2D eigenvalue weighted by molar-refractivity contribution is 5.76. The third-order valence-electron chi connectivity index (χ3n) is 3.60. The normalized spacial score (nSPS) is 17.0. The van der Waals surface area contributed by atoms with Gasteiger partial charge in [0.15, 0.2) is 5.82 Å². The molecule has 3 rings (SSSR count). The van der Waals surface area contributed by atoms with Gasteiger partial charge in [0.05, 0.1) is 0 Å². The van der Waals surface area contributed by atoms with Crippen LogP contribution >= 0.6 is 0 Å². The average Bonchev–Trinajstić information content (AvgIpc) is 3.19. The lowest BCUT2D eigenvalue weighted by Gasteiger charge is -2.09. The van der Waals surface area contributed by atoms with Crippen LogP contribution in [0.15, 0.2) is 48.9 Å². The van der Waals surface area contributed by atoms with Gasteiger partial charge in [-0.05, 0) is 42.5 Å². The van der Waals surface area contributed by atoms with Crippen molar-refractivity contribution >= 4 is 5.91 Å². The smallest absolute Gasteiger partial charge is 0.220 e. The summed E-state index contributed by atoms with van der Waals surface area (Å²) in [4.78, 5) is 16.2. The van der Waals surface area contributed by atoms with Gasteiger partial charge in [-0.3, -0.25) is 4.79 Å². The van der Waals surface area contributed by atoms with Gasteiger partial charge >= 0.3 is 0 Å². The zero-order valence-electron chi connectivity index (χ0n) is 11.8. The highest BCUT2D eigenvalue weighted by Gasteiger charge is 2.13. The molecular formula is C16H18N4O. The molecule has 108 valence electrons. The second kappa shape index (κ2) is 6.35. The van der Waals surface area contributed by atoms with Crippen molar-refractivity contribution in [2.75, 3.05) is 0 Å². The van der Waals surface area contributed by atoms with E-state index in [1.807, 2.05) is 24.4 Å². The number of aromatic nitrogens is 3. The summed E-state index contributed by atoms with van der Waals surface area (Å²) < 4.78 is 1.70. The number of nitrogens with zero attached hydrogens (tertiary/aromatic N) is 3. The van der Waals surface area contributed by atoms with Crippen molar-refractivity contribution in [3.8, 4) is 5.82 Å².